The van der Waals surface area contributed by atoms with Crippen LogP contribution in [0.5, 0.6) is 0 Å². The number of alkyl halides is 1. The summed E-state index contributed by atoms with van der Waals surface area (Å²) in [6.45, 7) is 0.0486. The number of nitrogens with one attached hydrogen (secondary N) is 1. The highest BCUT2D eigenvalue weighted by molar-refractivity contribution is 14.1. The van der Waals surface area contributed by atoms with E-state index in [9.17, 15) is 24.0 Å². The van der Waals surface area contributed by atoms with E-state index in [1.54, 1.807) is 0 Å². The number of imide groups is 1. The number of nitrogens with zero attached hydrogens (tertiary/aromatic N) is 1. The highest BCUT2D eigenvalue weighted by Gasteiger charge is 2.39. The van der Waals surface area contributed by atoms with Crippen LogP contribution in [0.1, 0.15) is 25.7 Å². The van der Waals surface area contributed by atoms with Crippen molar-refractivity contribution in [3.05, 3.63) is 0 Å². The summed E-state index contributed by atoms with van der Waals surface area (Å²) in [6.07, 6.45) is -0.754. The minimum Gasteiger partial charge on any atom is -0.481 e. The Balaban J connectivity index is 2.70. The molecular formula is C12H15IN2O6. The van der Waals surface area contributed by atoms with Crippen molar-refractivity contribution in [2.24, 2.45) is 0 Å². The molecule has 0 spiro atoms. The first-order chi connectivity index (χ1) is 9.86. The maximum absolute atomic E-state index is 12.1. The number of hydrogen-bond donors (Lipinski definition) is 2. The Kier molecular flexibility index (Phi) is 6.72. The van der Waals surface area contributed by atoms with E-state index in [1.807, 2.05) is 22.6 Å². The van der Waals surface area contributed by atoms with Gasteiger partial charge in [0.25, 0.3) is 0 Å². The van der Waals surface area contributed by atoms with Crippen LogP contribution in [0.3, 0.4) is 0 Å². The van der Waals surface area contributed by atoms with Gasteiger partial charge < -0.3 is 10.4 Å². The van der Waals surface area contributed by atoms with Crippen molar-refractivity contribution >= 4 is 52.1 Å². The number of carboxylic acids is 1. The third-order valence-electron chi connectivity index (χ3n) is 2.96. The molecule has 1 aliphatic heterocycles. The minimum absolute atomic E-state index is 0.00615. The van der Waals surface area contributed by atoms with Gasteiger partial charge in [0.05, 0.1) is 10.8 Å². The number of likely N-dealkylation sites (tertiary alicyclic amines) is 1. The number of ketones is 1. The van der Waals surface area contributed by atoms with Crippen LogP contribution in [-0.2, 0) is 24.0 Å². The molecule has 0 aliphatic carbocycles. The van der Waals surface area contributed by atoms with Crippen LogP contribution in [0, 0.1) is 0 Å². The lowest BCUT2D eigenvalue weighted by Gasteiger charge is -2.23. The van der Waals surface area contributed by atoms with Gasteiger partial charge in [0.2, 0.25) is 17.7 Å². The second kappa shape index (κ2) is 8.05. The molecule has 0 saturated carbocycles. The van der Waals surface area contributed by atoms with Gasteiger partial charge in [0.1, 0.15) is 6.04 Å². The molecule has 1 unspecified atom stereocenters. The molecule has 0 radical (unpaired) electrons. The standard InChI is InChI=1S/C12H15IN2O6/c13-6-9(17)14-4-3-8(16)7(5-12(20)21)15-10(18)1-2-11(15)19/h7H,1-6H2,(H,14,17)(H,20,21). The van der Waals surface area contributed by atoms with Gasteiger partial charge in [0.15, 0.2) is 5.78 Å². The molecule has 0 aromatic heterocycles. The Hall–Kier alpha value is -1.52. The number of Topliss-reactive ketones (excluding diaryl/α,β-unsaturated/α-hetero) is 1. The lowest BCUT2D eigenvalue weighted by molar-refractivity contribution is -0.149. The lowest BCUT2D eigenvalue weighted by atomic mass is 10.0. The van der Waals surface area contributed by atoms with Gasteiger partial charge in [-0.1, -0.05) is 22.6 Å². The van der Waals surface area contributed by atoms with Crippen molar-refractivity contribution < 1.29 is 29.1 Å². The molecule has 1 rings (SSSR count). The maximum atomic E-state index is 12.1. The third kappa shape index (κ3) is 5.06. The van der Waals surface area contributed by atoms with Crippen LogP contribution in [0.4, 0.5) is 0 Å². The van der Waals surface area contributed by atoms with Gasteiger partial charge in [-0.05, 0) is 0 Å². The summed E-state index contributed by atoms with van der Waals surface area (Å²) in [5.41, 5.74) is 0. The molecule has 1 heterocycles. The first kappa shape index (κ1) is 17.5. The molecule has 1 aliphatic rings. The van der Waals surface area contributed by atoms with E-state index < -0.39 is 36.0 Å². The Morgan fingerprint density at radius 2 is 1.81 bits per heavy atom. The fraction of sp³-hybridized carbons (Fsp3) is 0.583. The highest BCUT2D eigenvalue weighted by Crippen LogP contribution is 2.19. The van der Waals surface area contributed by atoms with Crippen LogP contribution >= 0.6 is 22.6 Å². The van der Waals surface area contributed by atoms with Gasteiger partial charge in [-0.25, -0.2) is 0 Å². The largest absolute Gasteiger partial charge is 0.481 e. The van der Waals surface area contributed by atoms with E-state index in [1.165, 1.54) is 0 Å². The van der Waals surface area contributed by atoms with Crippen LogP contribution in [0.15, 0.2) is 0 Å². The van der Waals surface area contributed by atoms with E-state index in [2.05, 4.69) is 5.32 Å². The average Bonchev–Trinajstić information content (AvgIpc) is 2.75. The molecule has 8 nitrogen and oxygen atoms in total. The molecule has 21 heavy (non-hydrogen) atoms. The van der Waals surface area contributed by atoms with Crippen molar-refractivity contribution in [3.63, 3.8) is 0 Å². The van der Waals surface area contributed by atoms with E-state index >= 15 is 0 Å². The van der Waals surface area contributed by atoms with Crippen LogP contribution in [0.2, 0.25) is 0 Å². The third-order valence-corrected chi connectivity index (χ3v) is 3.65. The number of carbonyl (C=O) groups excluding carboxylic acids is 4. The number of amides is 3. The molecule has 9 heteroatoms. The lowest BCUT2D eigenvalue weighted by Crippen LogP contribution is -2.46. The topological polar surface area (TPSA) is 121 Å². The zero-order chi connectivity index (χ0) is 16.0. The number of halogens is 1. The molecular weight excluding hydrogens is 395 g/mol. The highest BCUT2D eigenvalue weighted by atomic mass is 127. The second-order valence-corrected chi connectivity index (χ2v) is 5.23. The van der Waals surface area contributed by atoms with Crippen molar-refractivity contribution in [2.75, 3.05) is 11.0 Å². The summed E-state index contributed by atoms with van der Waals surface area (Å²) in [7, 11) is 0. The first-order valence-electron chi connectivity index (χ1n) is 6.29. The molecule has 1 atom stereocenters. The van der Waals surface area contributed by atoms with Gasteiger partial charge in [-0.3, -0.25) is 28.9 Å². The average molecular weight is 410 g/mol. The van der Waals surface area contributed by atoms with Gasteiger partial charge in [-0.2, -0.15) is 0 Å². The normalized spacial score (nSPS) is 16.0. The molecule has 116 valence electrons. The molecule has 2 N–H and O–H groups in total. The molecule has 0 aromatic carbocycles. The number of carboxylic acid groups (broad SMARTS) is 1. The summed E-state index contributed by atoms with van der Waals surface area (Å²) < 4.78 is 0.244. The Bertz CT molecular complexity index is 462. The smallest absolute Gasteiger partial charge is 0.305 e. The van der Waals surface area contributed by atoms with E-state index in [0.717, 1.165) is 4.90 Å². The van der Waals surface area contributed by atoms with E-state index in [4.69, 9.17) is 5.11 Å². The molecule has 3 amide bonds. The van der Waals surface area contributed by atoms with Crippen molar-refractivity contribution in [1.82, 2.24) is 10.2 Å². The Morgan fingerprint density at radius 1 is 1.24 bits per heavy atom. The van der Waals surface area contributed by atoms with Gasteiger partial charge in [0, 0.05) is 25.8 Å². The predicted molar refractivity (Wildman–Crippen MR) is 78.6 cm³/mol. The quantitative estimate of drug-likeness (QED) is 0.316. The number of aliphatic carboxylic acids is 1. The maximum Gasteiger partial charge on any atom is 0.305 e. The van der Waals surface area contributed by atoms with Crippen molar-refractivity contribution in [1.29, 1.82) is 0 Å². The molecule has 1 fully saturated rings. The summed E-state index contributed by atoms with van der Waals surface area (Å²) in [5, 5.41) is 11.3. The Morgan fingerprint density at radius 3 is 2.29 bits per heavy atom. The number of hydrogen-bond acceptors (Lipinski definition) is 5. The van der Waals surface area contributed by atoms with Crippen molar-refractivity contribution in [2.45, 2.75) is 31.7 Å². The monoisotopic (exact) mass is 410 g/mol. The van der Waals surface area contributed by atoms with Crippen molar-refractivity contribution in [3.8, 4) is 0 Å². The van der Waals surface area contributed by atoms with Gasteiger partial charge >= 0.3 is 5.97 Å². The van der Waals surface area contributed by atoms with Crippen LogP contribution in [-0.4, -0.2) is 56.5 Å². The van der Waals surface area contributed by atoms with Crippen LogP contribution in [0.25, 0.3) is 0 Å². The Labute approximate surface area is 134 Å². The van der Waals surface area contributed by atoms with E-state index in [-0.39, 0.29) is 36.1 Å². The second-order valence-electron chi connectivity index (χ2n) is 4.47. The summed E-state index contributed by atoms with van der Waals surface area (Å²) in [4.78, 5) is 58.0. The minimum atomic E-state index is -1.29. The molecule has 0 bridgehead atoms. The SMILES string of the molecule is O=C(O)CC(C(=O)CCNC(=O)CI)N1C(=O)CCC1=O. The number of rotatable bonds is 8. The van der Waals surface area contributed by atoms with Gasteiger partial charge in [-0.15, -0.1) is 0 Å². The van der Waals surface area contributed by atoms with Crippen LogP contribution < -0.4 is 5.32 Å². The van der Waals surface area contributed by atoms with E-state index in [0.29, 0.717) is 0 Å². The fourth-order valence-corrected chi connectivity index (χ4v) is 2.26. The summed E-state index contributed by atoms with van der Waals surface area (Å²) >= 11 is 1.86. The predicted octanol–water partition coefficient (Wildman–Crippen LogP) is -0.511. The zero-order valence-electron chi connectivity index (χ0n) is 11.1. The zero-order valence-corrected chi connectivity index (χ0v) is 13.3. The number of carbonyl (C=O) groups is 5. The first-order valence-corrected chi connectivity index (χ1v) is 7.81. The summed E-state index contributed by atoms with van der Waals surface area (Å²) in [6, 6.07) is -1.29. The summed E-state index contributed by atoms with van der Waals surface area (Å²) in [5.74, 6) is -3.12. The molecule has 0 aromatic rings. The molecule has 1 saturated heterocycles. The fourth-order valence-electron chi connectivity index (χ4n) is 1.99.